The third-order valence-corrected chi connectivity index (χ3v) is 3.69. The summed E-state index contributed by atoms with van der Waals surface area (Å²) in [5.41, 5.74) is -0.125. The molecular formula is C15H15N3O5S. The smallest absolute Gasteiger partial charge is 0.311 e. The molecule has 0 aliphatic rings. The van der Waals surface area contributed by atoms with E-state index < -0.39 is 17.4 Å². The van der Waals surface area contributed by atoms with E-state index in [1.54, 1.807) is 19.2 Å². The largest absolute Gasteiger partial charge is 0.477 e. The fourth-order valence-corrected chi connectivity index (χ4v) is 2.40. The number of nitro benzene ring substituents is 1. The van der Waals surface area contributed by atoms with Crippen molar-refractivity contribution >= 4 is 33.8 Å². The second-order valence-electron chi connectivity index (χ2n) is 5.13. The Hall–Kier alpha value is -2.81. The quantitative estimate of drug-likeness (QED) is 0.467. The zero-order valence-corrected chi connectivity index (χ0v) is 13.8. The lowest BCUT2D eigenvalue weighted by Crippen LogP contribution is -2.20. The number of amides is 1. The summed E-state index contributed by atoms with van der Waals surface area (Å²) >= 11 is 1.24. The lowest BCUT2D eigenvalue weighted by atomic mass is 10.0. The van der Waals surface area contributed by atoms with Gasteiger partial charge in [-0.2, -0.15) is 0 Å². The molecule has 0 atom stereocenters. The van der Waals surface area contributed by atoms with Crippen LogP contribution in [0.1, 0.15) is 24.2 Å². The SMILES string of the molecule is CC(C)C(=O)c1ccc(OCC(=O)Nc2nccs2)c([N+](=O)[O-])c1. The van der Waals surface area contributed by atoms with Crippen LogP contribution in [-0.4, -0.2) is 28.2 Å². The minimum atomic E-state index is -0.648. The van der Waals surface area contributed by atoms with Crippen LogP contribution in [-0.2, 0) is 4.79 Å². The Bertz CT molecular complexity index is 758. The summed E-state index contributed by atoms with van der Waals surface area (Å²) in [6.45, 7) is 3.01. The summed E-state index contributed by atoms with van der Waals surface area (Å²) < 4.78 is 5.22. The average Bonchev–Trinajstić information content (AvgIpc) is 3.04. The number of hydrogen-bond acceptors (Lipinski definition) is 7. The number of aromatic nitrogens is 1. The summed E-state index contributed by atoms with van der Waals surface area (Å²) in [5.74, 6) is -1.04. The second kappa shape index (κ2) is 7.64. The van der Waals surface area contributed by atoms with Gasteiger partial charge in [0.15, 0.2) is 23.3 Å². The fraction of sp³-hybridized carbons (Fsp3) is 0.267. The van der Waals surface area contributed by atoms with Gasteiger partial charge in [0, 0.05) is 29.1 Å². The molecule has 0 bridgehead atoms. The first kappa shape index (κ1) is 17.5. The van der Waals surface area contributed by atoms with E-state index in [9.17, 15) is 19.7 Å². The zero-order valence-electron chi connectivity index (χ0n) is 13.0. The maximum absolute atomic E-state index is 11.9. The molecule has 1 aromatic heterocycles. The monoisotopic (exact) mass is 349 g/mol. The van der Waals surface area contributed by atoms with E-state index in [1.165, 1.54) is 29.7 Å². The van der Waals surface area contributed by atoms with Gasteiger partial charge < -0.3 is 4.74 Å². The Morgan fingerprint density at radius 3 is 2.75 bits per heavy atom. The number of rotatable bonds is 7. The molecule has 0 aliphatic heterocycles. The fourth-order valence-electron chi connectivity index (χ4n) is 1.85. The minimum Gasteiger partial charge on any atom is -0.477 e. The number of Topliss-reactive ketones (excluding diaryl/α,β-unsaturated/α-hetero) is 1. The molecule has 1 aromatic carbocycles. The molecular weight excluding hydrogens is 334 g/mol. The van der Waals surface area contributed by atoms with E-state index in [4.69, 9.17) is 4.74 Å². The van der Waals surface area contributed by atoms with E-state index in [0.29, 0.717) is 5.13 Å². The van der Waals surface area contributed by atoms with Crippen LogP contribution in [0.3, 0.4) is 0 Å². The molecule has 9 heteroatoms. The summed E-state index contributed by atoms with van der Waals surface area (Å²) in [4.78, 5) is 38.1. The topological polar surface area (TPSA) is 111 Å². The van der Waals surface area contributed by atoms with Gasteiger partial charge in [-0.05, 0) is 12.1 Å². The Labute approximate surface area is 141 Å². The lowest BCUT2D eigenvalue weighted by Gasteiger charge is -2.09. The minimum absolute atomic E-state index is 0.0744. The molecule has 0 aliphatic carbocycles. The van der Waals surface area contributed by atoms with Gasteiger partial charge in [-0.3, -0.25) is 25.0 Å². The van der Waals surface area contributed by atoms with E-state index >= 15 is 0 Å². The number of carbonyl (C=O) groups is 2. The third kappa shape index (κ3) is 4.35. The van der Waals surface area contributed by atoms with Gasteiger partial charge in [0.2, 0.25) is 0 Å². The molecule has 2 rings (SSSR count). The van der Waals surface area contributed by atoms with Crippen LogP contribution in [0.25, 0.3) is 0 Å². The number of ether oxygens (including phenoxy) is 1. The number of nitrogens with zero attached hydrogens (tertiary/aromatic N) is 2. The van der Waals surface area contributed by atoms with Gasteiger partial charge in [-0.1, -0.05) is 13.8 Å². The van der Waals surface area contributed by atoms with Gasteiger partial charge in [0.1, 0.15) is 0 Å². The van der Waals surface area contributed by atoms with Gasteiger partial charge in [-0.15, -0.1) is 11.3 Å². The van der Waals surface area contributed by atoms with Crippen LogP contribution in [0.2, 0.25) is 0 Å². The van der Waals surface area contributed by atoms with Crippen molar-refractivity contribution in [3.05, 3.63) is 45.5 Å². The number of nitro groups is 1. The maximum Gasteiger partial charge on any atom is 0.311 e. The number of anilines is 1. The van der Waals surface area contributed by atoms with Crippen molar-refractivity contribution in [1.82, 2.24) is 4.98 Å². The average molecular weight is 349 g/mol. The van der Waals surface area contributed by atoms with Crippen LogP contribution < -0.4 is 10.1 Å². The van der Waals surface area contributed by atoms with Crippen molar-refractivity contribution in [2.24, 2.45) is 5.92 Å². The molecule has 0 saturated carbocycles. The number of ketones is 1. The molecule has 2 aromatic rings. The van der Waals surface area contributed by atoms with Gasteiger partial charge >= 0.3 is 5.69 Å². The Balaban J connectivity index is 2.10. The summed E-state index contributed by atoms with van der Waals surface area (Å²) in [6.07, 6.45) is 1.54. The van der Waals surface area contributed by atoms with Gasteiger partial charge in [0.25, 0.3) is 5.91 Å². The standard InChI is InChI=1S/C15H15N3O5S/c1-9(2)14(20)10-3-4-12(11(7-10)18(21)22)23-8-13(19)17-15-16-5-6-24-15/h3-7,9H,8H2,1-2H3,(H,16,17,19). The highest BCUT2D eigenvalue weighted by molar-refractivity contribution is 7.13. The summed E-state index contributed by atoms with van der Waals surface area (Å²) in [7, 11) is 0. The Morgan fingerprint density at radius 2 is 2.17 bits per heavy atom. The van der Waals surface area contributed by atoms with E-state index in [1.807, 2.05) is 0 Å². The normalized spacial score (nSPS) is 10.5. The highest BCUT2D eigenvalue weighted by Crippen LogP contribution is 2.29. The van der Waals surface area contributed by atoms with Gasteiger partial charge in [-0.25, -0.2) is 4.98 Å². The molecule has 0 fully saturated rings. The molecule has 8 nitrogen and oxygen atoms in total. The predicted octanol–water partition coefficient (Wildman–Crippen LogP) is 2.91. The first-order valence-corrected chi connectivity index (χ1v) is 7.91. The molecule has 0 unspecified atom stereocenters. The summed E-state index contributed by atoms with van der Waals surface area (Å²) in [5, 5.41) is 15.8. The van der Waals surface area contributed by atoms with Crippen LogP contribution in [0.4, 0.5) is 10.8 Å². The van der Waals surface area contributed by atoms with Crippen LogP contribution >= 0.6 is 11.3 Å². The highest BCUT2D eigenvalue weighted by Gasteiger charge is 2.20. The maximum atomic E-state index is 11.9. The molecule has 126 valence electrons. The van der Waals surface area contributed by atoms with Crippen LogP contribution in [0, 0.1) is 16.0 Å². The van der Waals surface area contributed by atoms with Crippen molar-refractivity contribution in [3.8, 4) is 5.75 Å². The lowest BCUT2D eigenvalue weighted by molar-refractivity contribution is -0.385. The Morgan fingerprint density at radius 1 is 1.42 bits per heavy atom. The molecule has 1 heterocycles. The Kier molecular flexibility index (Phi) is 5.59. The number of thiazole rings is 1. The van der Waals surface area contributed by atoms with Crippen molar-refractivity contribution in [3.63, 3.8) is 0 Å². The van der Waals surface area contributed by atoms with Crippen LogP contribution in [0.5, 0.6) is 5.75 Å². The van der Waals surface area contributed by atoms with Crippen molar-refractivity contribution in [2.75, 3.05) is 11.9 Å². The first-order chi connectivity index (χ1) is 11.4. The van der Waals surface area contributed by atoms with Gasteiger partial charge in [0.05, 0.1) is 4.92 Å². The number of benzene rings is 1. The molecule has 0 saturated heterocycles. The third-order valence-electron chi connectivity index (χ3n) is 3.00. The number of nitrogens with one attached hydrogen (secondary N) is 1. The van der Waals surface area contributed by atoms with E-state index in [0.717, 1.165) is 6.07 Å². The first-order valence-electron chi connectivity index (χ1n) is 7.03. The van der Waals surface area contributed by atoms with Crippen molar-refractivity contribution in [2.45, 2.75) is 13.8 Å². The highest BCUT2D eigenvalue weighted by atomic mass is 32.1. The second-order valence-corrected chi connectivity index (χ2v) is 6.03. The molecule has 1 amide bonds. The number of hydrogen-bond donors (Lipinski definition) is 1. The molecule has 0 spiro atoms. The van der Waals surface area contributed by atoms with Crippen LogP contribution in [0.15, 0.2) is 29.8 Å². The number of carbonyl (C=O) groups excluding carboxylic acids is 2. The zero-order chi connectivity index (χ0) is 17.7. The van der Waals surface area contributed by atoms with Crippen molar-refractivity contribution < 1.29 is 19.2 Å². The predicted molar refractivity (Wildman–Crippen MR) is 88.5 cm³/mol. The van der Waals surface area contributed by atoms with Crippen molar-refractivity contribution in [1.29, 1.82) is 0 Å². The molecule has 24 heavy (non-hydrogen) atoms. The van der Waals surface area contributed by atoms with E-state index in [-0.39, 0.29) is 28.7 Å². The molecule has 1 N–H and O–H groups in total. The van der Waals surface area contributed by atoms with E-state index in [2.05, 4.69) is 10.3 Å². The molecule has 0 radical (unpaired) electrons. The summed E-state index contributed by atoms with van der Waals surface area (Å²) in [6, 6.07) is 3.93.